The Balaban J connectivity index is 2.23. The van der Waals surface area contributed by atoms with Crippen molar-refractivity contribution in [1.82, 2.24) is 4.90 Å². The smallest absolute Gasteiger partial charge is 0.143 e. The first-order valence-corrected chi connectivity index (χ1v) is 9.86. The maximum absolute atomic E-state index is 6.62. The summed E-state index contributed by atoms with van der Waals surface area (Å²) in [6.07, 6.45) is 5.15. The molecule has 0 heterocycles. The van der Waals surface area contributed by atoms with Gasteiger partial charge >= 0.3 is 0 Å². The van der Waals surface area contributed by atoms with Crippen LogP contribution in [0.5, 0.6) is 5.75 Å². The summed E-state index contributed by atoms with van der Waals surface area (Å²) in [5.41, 5.74) is 1.94. The van der Waals surface area contributed by atoms with Crippen LogP contribution >= 0.6 is 0 Å². The van der Waals surface area contributed by atoms with Crippen LogP contribution in [0.25, 0.3) is 0 Å². The molecule has 28 heavy (non-hydrogen) atoms. The van der Waals surface area contributed by atoms with E-state index in [-0.39, 0.29) is 6.10 Å². The lowest BCUT2D eigenvalue weighted by Gasteiger charge is -2.45. The number of rotatable bonds is 8. The van der Waals surface area contributed by atoms with E-state index in [1.54, 1.807) is 0 Å². The molecule has 0 amide bonds. The zero-order valence-corrected chi connectivity index (χ0v) is 17.0. The van der Waals surface area contributed by atoms with Crippen LogP contribution < -0.4 is 4.74 Å². The third-order valence-corrected chi connectivity index (χ3v) is 5.10. The van der Waals surface area contributed by atoms with Gasteiger partial charge in [0.1, 0.15) is 17.4 Å². The Morgan fingerprint density at radius 1 is 0.786 bits per heavy atom. The van der Waals surface area contributed by atoms with Crippen LogP contribution in [0.3, 0.4) is 0 Å². The first-order valence-electron chi connectivity index (χ1n) is 9.86. The number of allylic oxidation sites excluding steroid dienone is 1. The molecule has 0 radical (unpaired) electrons. The second-order valence-electron chi connectivity index (χ2n) is 7.08. The molecular weight excluding hydrogens is 342 g/mol. The highest BCUT2D eigenvalue weighted by Crippen LogP contribution is 2.40. The van der Waals surface area contributed by atoms with Crippen molar-refractivity contribution in [2.24, 2.45) is 0 Å². The summed E-state index contributed by atoms with van der Waals surface area (Å²) < 4.78 is 6.62. The molecule has 0 fully saturated rings. The summed E-state index contributed by atoms with van der Waals surface area (Å²) in [5, 5.41) is 0. The van der Waals surface area contributed by atoms with Gasteiger partial charge in [-0.05, 0) is 49.9 Å². The Kier molecular flexibility index (Phi) is 6.67. The van der Waals surface area contributed by atoms with Gasteiger partial charge in [0.25, 0.3) is 0 Å². The van der Waals surface area contributed by atoms with Gasteiger partial charge < -0.3 is 4.74 Å². The van der Waals surface area contributed by atoms with Crippen LogP contribution in [0.4, 0.5) is 0 Å². The highest BCUT2D eigenvalue weighted by Gasteiger charge is 2.44. The lowest BCUT2D eigenvalue weighted by Crippen LogP contribution is -2.53. The Morgan fingerprint density at radius 3 is 1.68 bits per heavy atom. The quantitative estimate of drug-likeness (QED) is 0.457. The zero-order chi connectivity index (χ0) is 19.8. The fraction of sp³-hybridized carbons (Fsp3) is 0.231. The molecular formula is C26H29NO. The summed E-state index contributed by atoms with van der Waals surface area (Å²) in [7, 11) is 4.25. The molecule has 0 spiro atoms. The van der Waals surface area contributed by atoms with Gasteiger partial charge in [0, 0.05) is 0 Å². The SMILES string of the molecule is CC/C=C/C(Oc1ccccc1)C(c1ccccc1)(c1ccccc1)N(C)C. The number of nitrogens with zero attached hydrogens (tertiary/aromatic N) is 1. The van der Waals surface area contributed by atoms with E-state index in [2.05, 4.69) is 98.7 Å². The second-order valence-corrected chi connectivity index (χ2v) is 7.08. The van der Waals surface area contributed by atoms with E-state index in [1.807, 2.05) is 30.3 Å². The monoisotopic (exact) mass is 371 g/mol. The minimum atomic E-state index is -0.468. The average molecular weight is 372 g/mol. The molecule has 0 saturated carbocycles. The number of ether oxygens (including phenoxy) is 1. The Hall–Kier alpha value is -2.84. The van der Waals surface area contributed by atoms with Crippen molar-refractivity contribution in [3.63, 3.8) is 0 Å². The number of benzene rings is 3. The Labute approximate surface area is 169 Å². The normalized spacial score (nSPS) is 13.0. The Morgan fingerprint density at radius 2 is 1.25 bits per heavy atom. The summed E-state index contributed by atoms with van der Waals surface area (Å²) in [4.78, 5) is 2.27. The molecule has 1 unspecified atom stereocenters. The summed E-state index contributed by atoms with van der Waals surface area (Å²) >= 11 is 0. The zero-order valence-electron chi connectivity index (χ0n) is 17.0. The van der Waals surface area contributed by atoms with Gasteiger partial charge in [-0.1, -0.05) is 91.9 Å². The molecule has 0 bridgehead atoms. The van der Waals surface area contributed by atoms with E-state index in [0.717, 1.165) is 12.2 Å². The highest BCUT2D eigenvalue weighted by molar-refractivity contribution is 5.42. The van der Waals surface area contributed by atoms with E-state index in [4.69, 9.17) is 4.74 Å². The van der Waals surface area contributed by atoms with Crippen molar-refractivity contribution >= 4 is 0 Å². The predicted octanol–water partition coefficient (Wildman–Crippen LogP) is 5.91. The van der Waals surface area contributed by atoms with Gasteiger partial charge in [-0.3, -0.25) is 4.90 Å². The molecule has 0 aromatic heterocycles. The van der Waals surface area contributed by atoms with Crippen LogP contribution in [0, 0.1) is 0 Å². The molecule has 144 valence electrons. The van der Waals surface area contributed by atoms with E-state index < -0.39 is 5.54 Å². The summed E-state index contributed by atoms with van der Waals surface area (Å²) in [6.45, 7) is 2.15. The summed E-state index contributed by atoms with van der Waals surface area (Å²) in [5.74, 6) is 0.867. The maximum Gasteiger partial charge on any atom is 0.143 e. The molecule has 0 aliphatic heterocycles. The fourth-order valence-electron chi connectivity index (χ4n) is 3.82. The van der Waals surface area contributed by atoms with Crippen LogP contribution in [0.1, 0.15) is 24.5 Å². The van der Waals surface area contributed by atoms with Crippen LogP contribution in [-0.4, -0.2) is 25.1 Å². The molecule has 2 heteroatoms. The van der Waals surface area contributed by atoms with E-state index in [0.29, 0.717) is 0 Å². The first kappa shape index (κ1) is 19.9. The predicted molar refractivity (Wildman–Crippen MR) is 118 cm³/mol. The Bertz CT molecular complexity index is 817. The van der Waals surface area contributed by atoms with Crippen LogP contribution in [0.15, 0.2) is 103 Å². The van der Waals surface area contributed by atoms with Crippen molar-refractivity contribution in [2.45, 2.75) is 25.0 Å². The van der Waals surface area contributed by atoms with Gasteiger partial charge in [0.05, 0.1) is 0 Å². The van der Waals surface area contributed by atoms with E-state index in [9.17, 15) is 0 Å². The van der Waals surface area contributed by atoms with Gasteiger partial charge in [-0.25, -0.2) is 0 Å². The third-order valence-electron chi connectivity index (χ3n) is 5.10. The lowest BCUT2D eigenvalue weighted by molar-refractivity contribution is 0.0657. The second kappa shape index (κ2) is 9.38. The number of likely N-dealkylation sites (N-methyl/N-ethyl adjacent to an activating group) is 1. The molecule has 0 aliphatic carbocycles. The van der Waals surface area contributed by atoms with Gasteiger partial charge in [0.2, 0.25) is 0 Å². The molecule has 3 aromatic rings. The van der Waals surface area contributed by atoms with Crippen molar-refractivity contribution in [3.05, 3.63) is 114 Å². The number of hydrogen-bond donors (Lipinski definition) is 0. The molecule has 2 nitrogen and oxygen atoms in total. The summed E-state index contributed by atoms with van der Waals surface area (Å²) in [6, 6.07) is 31.3. The van der Waals surface area contributed by atoms with Crippen molar-refractivity contribution < 1.29 is 4.74 Å². The van der Waals surface area contributed by atoms with Gasteiger partial charge in [0.15, 0.2) is 0 Å². The topological polar surface area (TPSA) is 12.5 Å². The van der Waals surface area contributed by atoms with E-state index in [1.165, 1.54) is 11.1 Å². The molecule has 3 rings (SSSR count). The molecule has 0 aliphatic rings. The maximum atomic E-state index is 6.62. The number of para-hydroxylation sites is 1. The molecule has 0 saturated heterocycles. The van der Waals surface area contributed by atoms with Gasteiger partial charge in [-0.2, -0.15) is 0 Å². The minimum Gasteiger partial charge on any atom is -0.484 e. The lowest BCUT2D eigenvalue weighted by atomic mass is 9.76. The minimum absolute atomic E-state index is 0.199. The average Bonchev–Trinajstić information content (AvgIpc) is 2.74. The largest absolute Gasteiger partial charge is 0.484 e. The first-order chi connectivity index (χ1) is 13.7. The standard InChI is InChI=1S/C26H29NO/c1-4-5-21-25(28-24-19-13-8-14-20-24)26(27(2)3,22-15-9-6-10-16-22)23-17-11-7-12-18-23/h5-21,25H,4H2,1-3H3/b21-5+. The molecule has 1 atom stereocenters. The van der Waals surface area contributed by atoms with Crippen molar-refractivity contribution in [2.75, 3.05) is 14.1 Å². The van der Waals surface area contributed by atoms with Crippen molar-refractivity contribution in [1.29, 1.82) is 0 Å². The fourth-order valence-corrected chi connectivity index (χ4v) is 3.82. The van der Waals surface area contributed by atoms with Crippen LogP contribution in [0.2, 0.25) is 0 Å². The molecule has 0 N–H and O–H groups in total. The van der Waals surface area contributed by atoms with E-state index >= 15 is 0 Å². The highest BCUT2D eigenvalue weighted by atomic mass is 16.5. The van der Waals surface area contributed by atoms with Crippen molar-refractivity contribution in [3.8, 4) is 5.75 Å². The third kappa shape index (κ3) is 4.02. The number of hydrogen-bond acceptors (Lipinski definition) is 2. The molecule has 3 aromatic carbocycles. The van der Waals surface area contributed by atoms with Gasteiger partial charge in [-0.15, -0.1) is 0 Å². The van der Waals surface area contributed by atoms with Crippen LogP contribution in [-0.2, 0) is 5.54 Å².